The van der Waals surface area contributed by atoms with Crippen LogP contribution in [0.3, 0.4) is 0 Å². The van der Waals surface area contributed by atoms with Crippen molar-refractivity contribution in [3.63, 3.8) is 0 Å². The van der Waals surface area contributed by atoms with Gasteiger partial charge in [0.2, 0.25) is 5.91 Å². The largest absolute Gasteiger partial charge is 0.323 e. The van der Waals surface area contributed by atoms with Crippen LogP contribution in [0.25, 0.3) is 0 Å². The average molecular weight is 376 g/mol. The molecule has 0 radical (unpaired) electrons. The standard InChI is InChI=1S/C18H30ClN3O.ClH/c1-6-21(7-2)11-12-22(14(3)4)13-17(23)20-18-15(5)9-8-10-16(18)19;/h8-10,14H,6-7,11-13H2,1-5H3,(H,20,23);1H. The van der Waals surface area contributed by atoms with Crippen molar-refractivity contribution in [2.24, 2.45) is 0 Å². The molecule has 1 rings (SSSR count). The van der Waals surface area contributed by atoms with E-state index in [-0.39, 0.29) is 18.3 Å². The molecule has 0 aromatic heterocycles. The lowest BCUT2D eigenvalue weighted by Gasteiger charge is -2.29. The first-order valence-electron chi connectivity index (χ1n) is 8.40. The van der Waals surface area contributed by atoms with Gasteiger partial charge in [-0.3, -0.25) is 9.69 Å². The van der Waals surface area contributed by atoms with E-state index >= 15 is 0 Å². The lowest BCUT2D eigenvalue weighted by molar-refractivity contribution is -0.117. The van der Waals surface area contributed by atoms with Crippen LogP contribution in [0.15, 0.2) is 18.2 Å². The highest BCUT2D eigenvalue weighted by atomic mass is 35.5. The zero-order valence-corrected chi connectivity index (χ0v) is 17.0. The summed E-state index contributed by atoms with van der Waals surface area (Å²) in [5.41, 5.74) is 1.69. The van der Waals surface area contributed by atoms with E-state index in [0.29, 0.717) is 23.3 Å². The van der Waals surface area contributed by atoms with E-state index in [1.807, 2.05) is 19.1 Å². The number of amides is 1. The highest BCUT2D eigenvalue weighted by Gasteiger charge is 2.16. The van der Waals surface area contributed by atoms with Gasteiger partial charge < -0.3 is 10.2 Å². The van der Waals surface area contributed by atoms with Gasteiger partial charge in [-0.25, -0.2) is 0 Å². The predicted octanol–water partition coefficient (Wildman–Crippen LogP) is 4.06. The fraction of sp³-hybridized carbons (Fsp3) is 0.611. The fourth-order valence-corrected chi connectivity index (χ4v) is 2.75. The summed E-state index contributed by atoms with van der Waals surface area (Å²) >= 11 is 6.18. The molecule has 138 valence electrons. The van der Waals surface area contributed by atoms with Gasteiger partial charge in [0.1, 0.15) is 0 Å². The lowest BCUT2D eigenvalue weighted by Crippen LogP contribution is -2.42. The maximum atomic E-state index is 12.4. The molecule has 1 aromatic carbocycles. The van der Waals surface area contributed by atoms with Gasteiger partial charge in [-0.2, -0.15) is 0 Å². The summed E-state index contributed by atoms with van der Waals surface area (Å²) in [5, 5.41) is 3.53. The average Bonchev–Trinajstić information content (AvgIpc) is 2.50. The number of carbonyl (C=O) groups excluding carboxylic acids is 1. The van der Waals surface area contributed by atoms with E-state index in [0.717, 1.165) is 31.7 Å². The van der Waals surface area contributed by atoms with E-state index < -0.39 is 0 Å². The number of hydrogen-bond donors (Lipinski definition) is 1. The molecule has 4 nitrogen and oxygen atoms in total. The number of nitrogens with one attached hydrogen (secondary N) is 1. The van der Waals surface area contributed by atoms with Crippen LogP contribution in [0.4, 0.5) is 5.69 Å². The van der Waals surface area contributed by atoms with Crippen LogP contribution in [0.1, 0.15) is 33.3 Å². The predicted molar refractivity (Wildman–Crippen MR) is 107 cm³/mol. The minimum atomic E-state index is -0.0190. The van der Waals surface area contributed by atoms with Gasteiger partial charge in [-0.15, -0.1) is 12.4 Å². The SMILES string of the molecule is CCN(CC)CCN(CC(=O)Nc1c(C)cccc1Cl)C(C)C.Cl. The van der Waals surface area contributed by atoms with Crippen molar-refractivity contribution in [2.45, 2.75) is 40.7 Å². The summed E-state index contributed by atoms with van der Waals surface area (Å²) in [6.45, 7) is 14.8. The third-order valence-corrected chi connectivity index (χ3v) is 4.48. The van der Waals surface area contributed by atoms with E-state index in [4.69, 9.17) is 11.6 Å². The van der Waals surface area contributed by atoms with Gasteiger partial charge in [0.15, 0.2) is 0 Å². The van der Waals surface area contributed by atoms with Crippen LogP contribution < -0.4 is 5.32 Å². The number of nitrogens with zero attached hydrogens (tertiary/aromatic N) is 2. The first-order valence-corrected chi connectivity index (χ1v) is 8.78. The number of halogens is 2. The van der Waals surface area contributed by atoms with Crippen LogP contribution in [0, 0.1) is 6.92 Å². The van der Waals surface area contributed by atoms with Crippen LogP contribution in [-0.2, 0) is 4.79 Å². The Labute approximate surface area is 157 Å². The zero-order chi connectivity index (χ0) is 17.4. The van der Waals surface area contributed by atoms with Gasteiger partial charge in [0.05, 0.1) is 17.3 Å². The monoisotopic (exact) mass is 375 g/mol. The van der Waals surface area contributed by atoms with Crippen LogP contribution in [0.5, 0.6) is 0 Å². The molecular formula is C18H31Cl2N3O. The van der Waals surface area contributed by atoms with Gasteiger partial charge >= 0.3 is 0 Å². The van der Waals surface area contributed by atoms with Crippen molar-refractivity contribution in [3.8, 4) is 0 Å². The second kappa shape index (κ2) is 11.7. The molecule has 0 aliphatic heterocycles. The number of aryl methyl sites for hydroxylation is 1. The summed E-state index contributed by atoms with van der Waals surface area (Å²) < 4.78 is 0. The summed E-state index contributed by atoms with van der Waals surface area (Å²) in [4.78, 5) is 17.0. The second-order valence-corrected chi connectivity index (χ2v) is 6.48. The van der Waals surface area contributed by atoms with Crippen LogP contribution in [-0.4, -0.2) is 54.5 Å². The topological polar surface area (TPSA) is 35.6 Å². The summed E-state index contributed by atoms with van der Waals surface area (Å²) in [6.07, 6.45) is 0. The molecule has 24 heavy (non-hydrogen) atoms. The molecule has 1 amide bonds. The van der Waals surface area contributed by atoms with E-state index in [9.17, 15) is 4.79 Å². The highest BCUT2D eigenvalue weighted by molar-refractivity contribution is 6.33. The molecule has 0 aliphatic rings. The first kappa shape index (κ1) is 23.2. The van der Waals surface area contributed by atoms with Crippen molar-refractivity contribution >= 4 is 35.6 Å². The van der Waals surface area contributed by atoms with E-state index in [1.54, 1.807) is 6.07 Å². The lowest BCUT2D eigenvalue weighted by atomic mass is 10.2. The smallest absolute Gasteiger partial charge is 0.238 e. The Morgan fingerprint density at radius 1 is 1.21 bits per heavy atom. The molecule has 0 spiro atoms. The molecule has 1 aromatic rings. The normalized spacial score (nSPS) is 11.0. The summed E-state index contributed by atoms with van der Waals surface area (Å²) in [5.74, 6) is -0.0190. The Balaban J connectivity index is 0.00000529. The number of benzene rings is 1. The van der Waals surface area contributed by atoms with Crippen molar-refractivity contribution in [2.75, 3.05) is 38.0 Å². The maximum absolute atomic E-state index is 12.4. The van der Waals surface area contributed by atoms with Crippen LogP contribution in [0.2, 0.25) is 5.02 Å². The number of para-hydroxylation sites is 1. The molecular weight excluding hydrogens is 345 g/mol. The number of likely N-dealkylation sites (N-methyl/N-ethyl adjacent to an activating group) is 1. The highest BCUT2D eigenvalue weighted by Crippen LogP contribution is 2.25. The molecule has 1 N–H and O–H groups in total. The third kappa shape index (κ3) is 7.39. The Morgan fingerprint density at radius 2 is 1.83 bits per heavy atom. The molecule has 0 heterocycles. The molecule has 0 saturated carbocycles. The Bertz CT molecular complexity index is 485. The Morgan fingerprint density at radius 3 is 2.33 bits per heavy atom. The summed E-state index contributed by atoms with van der Waals surface area (Å²) in [6, 6.07) is 5.95. The van der Waals surface area contributed by atoms with Gasteiger partial charge in [0.25, 0.3) is 0 Å². The van der Waals surface area contributed by atoms with Crippen molar-refractivity contribution < 1.29 is 4.79 Å². The number of carbonyl (C=O) groups is 1. The Kier molecular flexibility index (Phi) is 11.3. The van der Waals surface area contributed by atoms with E-state index in [1.165, 1.54) is 0 Å². The zero-order valence-electron chi connectivity index (χ0n) is 15.4. The molecule has 0 saturated heterocycles. The summed E-state index contributed by atoms with van der Waals surface area (Å²) in [7, 11) is 0. The minimum Gasteiger partial charge on any atom is -0.323 e. The van der Waals surface area contributed by atoms with Crippen molar-refractivity contribution in [1.82, 2.24) is 9.80 Å². The van der Waals surface area contributed by atoms with E-state index in [2.05, 4.69) is 42.8 Å². The third-order valence-electron chi connectivity index (χ3n) is 4.16. The minimum absolute atomic E-state index is 0. The van der Waals surface area contributed by atoms with Crippen LogP contribution >= 0.6 is 24.0 Å². The molecule has 6 heteroatoms. The fourth-order valence-electron chi connectivity index (χ4n) is 2.48. The quantitative estimate of drug-likeness (QED) is 0.706. The van der Waals surface area contributed by atoms with Crippen molar-refractivity contribution in [3.05, 3.63) is 28.8 Å². The Hall–Kier alpha value is -0.810. The second-order valence-electron chi connectivity index (χ2n) is 6.07. The van der Waals surface area contributed by atoms with Gasteiger partial charge in [0, 0.05) is 19.1 Å². The molecule has 0 bridgehead atoms. The molecule has 0 aliphatic carbocycles. The van der Waals surface area contributed by atoms with Gasteiger partial charge in [-0.1, -0.05) is 37.6 Å². The molecule has 0 fully saturated rings. The maximum Gasteiger partial charge on any atom is 0.238 e. The van der Waals surface area contributed by atoms with Crippen molar-refractivity contribution in [1.29, 1.82) is 0 Å². The van der Waals surface area contributed by atoms with Gasteiger partial charge in [-0.05, 0) is 45.5 Å². The first-order chi connectivity index (χ1) is 10.9. The molecule has 0 unspecified atom stereocenters. The number of rotatable bonds is 9. The number of anilines is 1. The number of hydrogen-bond acceptors (Lipinski definition) is 3. The molecule has 0 atom stereocenters.